The van der Waals surface area contributed by atoms with Gasteiger partial charge in [-0.25, -0.2) is 9.97 Å². The molecule has 0 radical (unpaired) electrons. The summed E-state index contributed by atoms with van der Waals surface area (Å²) in [5.41, 5.74) is -1.37. The molecule has 29 heavy (non-hydrogen) atoms. The van der Waals surface area contributed by atoms with E-state index in [2.05, 4.69) is 19.8 Å². The predicted molar refractivity (Wildman–Crippen MR) is 95.4 cm³/mol. The van der Waals surface area contributed by atoms with E-state index in [1.807, 2.05) is 0 Å². The van der Waals surface area contributed by atoms with E-state index in [4.69, 9.17) is 23.2 Å². The van der Waals surface area contributed by atoms with Crippen molar-refractivity contribution in [3.63, 3.8) is 0 Å². The zero-order chi connectivity index (χ0) is 20.9. The second kappa shape index (κ2) is 6.96. The smallest absolute Gasteiger partial charge is 0.418 e. The number of fused-ring (bicyclic) bond motifs is 3. The van der Waals surface area contributed by atoms with Crippen LogP contribution in [0.2, 0.25) is 10.3 Å². The molecule has 150 valence electrons. The van der Waals surface area contributed by atoms with Gasteiger partial charge in [-0.2, -0.15) is 26.5 Å². The number of halogens is 7. The van der Waals surface area contributed by atoms with Crippen molar-refractivity contribution in [2.45, 2.75) is 12.8 Å². The molecule has 0 spiro atoms. The van der Waals surface area contributed by atoms with Crippen molar-refractivity contribution in [1.82, 2.24) is 19.6 Å². The number of para-hydroxylation sites is 1. The molecule has 0 atom stereocenters. The van der Waals surface area contributed by atoms with E-state index >= 15 is 0 Å². The molecule has 0 unspecified atom stereocenters. The monoisotopic (exact) mass is 448 g/mol. The van der Waals surface area contributed by atoms with Crippen LogP contribution in [-0.4, -0.2) is 26.2 Å². The van der Waals surface area contributed by atoms with Gasteiger partial charge in [0, 0.05) is 10.4 Å². The van der Waals surface area contributed by atoms with Gasteiger partial charge in [-0.1, -0.05) is 17.7 Å². The van der Waals surface area contributed by atoms with Crippen LogP contribution in [0.25, 0.3) is 27.9 Å². The van der Waals surface area contributed by atoms with Crippen LogP contribution in [0.4, 0.5) is 22.0 Å². The fraction of sp³-hybridized carbons (Fsp3) is 0.118. The van der Waals surface area contributed by atoms with Crippen molar-refractivity contribution in [2.24, 2.45) is 0 Å². The van der Waals surface area contributed by atoms with E-state index in [0.717, 1.165) is 16.6 Å². The van der Waals surface area contributed by atoms with Gasteiger partial charge in [-0.3, -0.25) is 0 Å². The Hall–Kier alpha value is -2.72. The molecule has 5 nitrogen and oxygen atoms in total. The van der Waals surface area contributed by atoms with Crippen molar-refractivity contribution in [3.05, 3.63) is 52.3 Å². The number of hydrogen-bond donors (Lipinski definition) is 0. The topological polar surface area (TPSA) is 52.3 Å². The van der Waals surface area contributed by atoms with Crippen LogP contribution in [0.1, 0.15) is 5.56 Å². The van der Waals surface area contributed by atoms with Crippen LogP contribution < -0.4 is 4.74 Å². The van der Waals surface area contributed by atoms with Crippen molar-refractivity contribution >= 4 is 39.8 Å². The van der Waals surface area contributed by atoms with Gasteiger partial charge in [0.1, 0.15) is 5.75 Å². The maximum atomic E-state index is 13.3. The maximum absolute atomic E-state index is 13.3. The molecule has 2 heterocycles. The largest absolute Gasteiger partial charge is 0.434 e. The maximum Gasteiger partial charge on any atom is 0.418 e. The Morgan fingerprint density at radius 1 is 1.03 bits per heavy atom. The van der Waals surface area contributed by atoms with E-state index in [1.165, 1.54) is 24.3 Å². The van der Waals surface area contributed by atoms with Gasteiger partial charge in [0.15, 0.2) is 11.5 Å². The van der Waals surface area contributed by atoms with Crippen molar-refractivity contribution in [1.29, 1.82) is 0 Å². The highest BCUT2D eigenvalue weighted by atomic mass is 35.5. The Morgan fingerprint density at radius 2 is 1.79 bits per heavy atom. The van der Waals surface area contributed by atoms with Crippen molar-refractivity contribution in [3.8, 4) is 17.1 Å². The molecule has 0 aliphatic heterocycles. The molecule has 4 aromatic rings. The van der Waals surface area contributed by atoms with Crippen LogP contribution in [0.15, 0.2) is 36.4 Å². The third-order valence-corrected chi connectivity index (χ3v) is 4.45. The summed E-state index contributed by atoms with van der Waals surface area (Å²) in [5, 5.41) is 3.87. The molecule has 12 heteroatoms. The second-order valence-electron chi connectivity index (χ2n) is 5.77. The van der Waals surface area contributed by atoms with Gasteiger partial charge in [0.25, 0.3) is 0 Å². The van der Waals surface area contributed by atoms with E-state index in [9.17, 15) is 22.0 Å². The van der Waals surface area contributed by atoms with Gasteiger partial charge in [-0.15, -0.1) is 5.10 Å². The number of ether oxygens (including phenoxy) is 1. The van der Waals surface area contributed by atoms with E-state index in [0.29, 0.717) is 0 Å². The van der Waals surface area contributed by atoms with Gasteiger partial charge in [-0.05, 0) is 41.9 Å². The molecule has 2 aromatic heterocycles. The quantitative estimate of drug-likeness (QED) is 0.290. The minimum Gasteiger partial charge on any atom is -0.434 e. The van der Waals surface area contributed by atoms with Crippen LogP contribution in [0.3, 0.4) is 0 Å². The Labute approximate surface area is 168 Å². The SMILES string of the molecule is FC(F)Oc1cc(Cl)ccc1-c1nc2c3cccc(C(F)(F)F)c3nc(Cl)n2n1. The first kappa shape index (κ1) is 19.6. The summed E-state index contributed by atoms with van der Waals surface area (Å²) >= 11 is 11.8. The highest BCUT2D eigenvalue weighted by Crippen LogP contribution is 2.37. The van der Waals surface area contributed by atoms with E-state index in [1.54, 1.807) is 0 Å². The molecule has 0 saturated heterocycles. The lowest BCUT2D eigenvalue weighted by molar-refractivity contribution is -0.136. The molecular formula is C17H7Cl2F5N4O. The summed E-state index contributed by atoms with van der Waals surface area (Å²) in [6, 6.07) is 7.34. The minimum atomic E-state index is -4.66. The third-order valence-electron chi connectivity index (χ3n) is 3.97. The van der Waals surface area contributed by atoms with Crippen LogP contribution in [-0.2, 0) is 6.18 Å². The normalized spacial score (nSPS) is 12.3. The fourth-order valence-electron chi connectivity index (χ4n) is 2.82. The van der Waals surface area contributed by atoms with Gasteiger partial charge in [0.2, 0.25) is 5.28 Å². The lowest BCUT2D eigenvalue weighted by Crippen LogP contribution is -2.07. The number of benzene rings is 2. The lowest BCUT2D eigenvalue weighted by Gasteiger charge is -2.10. The number of nitrogens with zero attached hydrogens (tertiary/aromatic N) is 4. The van der Waals surface area contributed by atoms with Crippen LogP contribution in [0, 0.1) is 0 Å². The number of aromatic nitrogens is 4. The standard InChI is InChI=1S/C17H7Cl2F5N4O/c18-7-4-5-8(11(6-7)29-16(20)21)13-26-14-9-2-1-3-10(17(22,23)24)12(9)25-15(19)28(14)27-13/h1-6,16H. The average Bonchev–Trinajstić information content (AvgIpc) is 3.06. The summed E-state index contributed by atoms with van der Waals surface area (Å²) in [6.45, 7) is -3.13. The highest BCUT2D eigenvalue weighted by molar-refractivity contribution is 6.30. The molecule has 0 fully saturated rings. The summed E-state index contributed by atoms with van der Waals surface area (Å²) < 4.78 is 70.8. The lowest BCUT2D eigenvalue weighted by atomic mass is 10.1. The zero-order valence-electron chi connectivity index (χ0n) is 13.9. The Kier molecular flexibility index (Phi) is 4.70. The molecule has 0 aliphatic rings. The number of hydrogen-bond acceptors (Lipinski definition) is 4. The Morgan fingerprint density at radius 3 is 2.48 bits per heavy atom. The first-order valence-electron chi connectivity index (χ1n) is 7.82. The first-order chi connectivity index (χ1) is 13.6. The summed E-state index contributed by atoms with van der Waals surface area (Å²) in [7, 11) is 0. The number of rotatable bonds is 3. The van der Waals surface area contributed by atoms with Gasteiger partial charge < -0.3 is 4.74 Å². The molecule has 0 bridgehead atoms. The van der Waals surface area contributed by atoms with Crippen LogP contribution in [0.5, 0.6) is 5.75 Å². The molecule has 0 amide bonds. The highest BCUT2D eigenvalue weighted by Gasteiger charge is 2.34. The number of alkyl halides is 5. The van der Waals surface area contributed by atoms with E-state index in [-0.39, 0.29) is 38.5 Å². The molecule has 2 aromatic carbocycles. The van der Waals surface area contributed by atoms with Crippen LogP contribution >= 0.6 is 23.2 Å². The predicted octanol–water partition coefficient (Wildman–Crippen LogP) is 5.87. The Bertz CT molecular complexity index is 1240. The summed E-state index contributed by atoms with van der Waals surface area (Å²) in [5.74, 6) is -0.404. The van der Waals surface area contributed by atoms with Gasteiger partial charge >= 0.3 is 12.8 Å². The molecule has 0 aliphatic carbocycles. The summed E-state index contributed by atoms with van der Waals surface area (Å²) in [6.07, 6.45) is -4.66. The zero-order valence-corrected chi connectivity index (χ0v) is 15.4. The fourth-order valence-corrected chi connectivity index (χ4v) is 3.18. The Balaban J connectivity index is 1.99. The van der Waals surface area contributed by atoms with E-state index < -0.39 is 23.9 Å². The molecule has 0 N–H and O–H groups in total. The average molecular weight is 449 g/mol. The molecule has 4 rings (SSSR count). The second-order valence-corrected chi connectivity index (χ2v) is 6.54. The molecular weight excluding hydrogens is 442 g/mol. The molecule has 0 saturated carbocycles. The third kappa shape index (κ3) is 3.53. The van der Waals surface area contributed by atoms with Gasteiger partial charge in [0.05, 0.1) is 16.6 Å². The summed E-state index contributed by atoms with van der Waals surface area (Å²) in [4.78, 5) is 7.98. The van der Waals surface area contributed by atoms with Crippen molar-refractivity contribution in [2.75, 3.05) is 0 Å². The first-order valence-corrected chi connectivity index (χ1v) is 8.57. The minimum absolute atomic E-state index is 0.0287. The van der Waals surface area contributed by atoms with Crippen molar-refractivity contribution < 1.29 is 26.7 Å².